The number of methoxy groups -OCH3 is 1. The smallest absolute Gasteiger partial charge is 0.261 e. The van der Waals surface area contributed by atoms with Gasteiger partial charge in [0.1, 0.15) is 0 Å². The predicted octanol–water partition coefficient (Wildman–Crippen LogP) is 1.99. The number of nitrogens with one attached hydrogen (secondary N) is 3. The number of fused-ring (bicyclic) bond motifs is 3. The first kappa shape index (κ1) is 16.7. The van der Waals surface area contributed by atoms with Crippen LogP contribution in [0, 0.1) is 0 Å². The zero-order valence-corrected chi connectivity index (χ0v) is 15.0. The first-order valence-corrected chi connectivity index (χ1v) is 9.11. The summed E-state index contributed by atoms with van der Waals surface area (Å²) in [6.45, 7) is 1.42. The van der Waals surface area contributed by atoms with Crippen molar-refractivity contribution in [1.29, 1.82) is 0 Å². The molecule has 134 valence electrons. The lowest BCUT2D eigenvalue weighted by atomic mass is 10.0. The van der Waals surface area contributed by atoms with Crippen LogP contribution in [0.15, 0.2) is 24.3 Å². The molecule has 4 rings (SSSR count). The number of hydrogen-bond donors (Lipinski definition) is 3. The van der Waals surface area contributed by atoms with Gasteiger partial charge in [-0.15, -0.1) is 11.3 Å². The van der Waals surface area contributed by atoms with Gasteiger partial charge in [0.2, 0.25) is 0 Å². The van der Waals surface area contributed by atoms with E-state index in [2.05, 4.69) is 20.8 Å². The molecule has 0 atom stereocenters. The van der Waals surface area contributed by atoms with E-state index >= 15 is 0 Å². The van der Waals surface area contributed by atoms with E-state index in [1.807, 2.05) is 18.2 Å². The van der Waals surface area contributed by atoms with E-state index in [0.717, 1.165) is 38.3 Å². The van der Waals surface area contributed by atoms with Crippen molar-refractivity contribution >= 4 is 33.2 Å². The Hall–Kier alpha value is -2.71. The van der Waals surface area contributed by atoms with Crippen LogP contribution in [0.1, 0.15) is 37.0 Å². The Balaban J connectivity index is 1.52. The van der Waals surface area contributed by atoms with Crippen LogP contribution in [-0.4, -0.2) is 35.7 Å². The maximum absolute atomic E-state index is 12.5. The van der Waals surface area contributed by atoms with E-state index in [9.17, 15) is 9.59 Å². The van der Waals surface area contributed by atoms with E-state index in [0.29, 0.717) is 25.3 Å². The van der Waals surface area contributed by atoms with E-state index in [-0.39, 0.29) is 11.8 Å². The summed E-state index contributed by atoms with van der Waals surface area (Å²) >= 11 is 1.48. The van der Waals surface area contributed by atoms with Crippen LogP contribution in [0.25, 0.3) is 10.1 Å². The summed E-state index contributed by atoms with van der Waals surface area (Å²) < 4.78 is 6.05. The maximum Gasteiger partial charge on any atom is 0.261 e. The summed E-state index contributed by atoms with van der Waals surface area (Å²) in [5.41, 5.74) is 3.24. The summed E-state index contributed by atoms with van der Waals surface area (Å²) in [7, 11) is 1.61. The lowest BCUT2D eigenvalue weighted by Crippen LogP contribution is -2.30. The van der Waals surface area contributed by atoms with Gasteiger partial charge in [-0.3, -0.25) is 14.7 Å². The summed E-state index contributed by atoms with van der Waals surface area (Å²) in [6.07, 6.45) is 0.794. The molecule has 3 N–H and O–H groups in total. The number of benzene rings is 1. The van der Waals surface area contributed by atoms with Crippen molar-refractivity contribution in [3.8, 4) is 0 Å². The molecule has 8 heteroatoms. The third-order valence-electron chi connectivity index (χ3n) is 4.34. The quantitative estimate of drug-likeness (QED) is 0.640. The molecule has 1 aliphatic rings. The number of aromatic amines is 1. The van der Waals surface area contributed by atoms with Gasteiger partial charge < -0.3 is 15.4 Å². The Morgan fingerprint density at radius 1 is 1.38 bits per heavy atom. The van der Waals surface area contributed by atoms with Gasteiger partial charge in [-0.1, -0.05) is 0 Å². The number of nitrogens with zero attached hydrogens (tertiary/aromatic N) is 1. The minimum Gasteiger partial charge on any atom is -0.378 e. The SMILES string of the molecule is COCc1cc(CNC(=O)c2ccc3sc4c(c3c2)CCNC4=O)[nH]n1. The molecule has 0 saturated carbocycles. The molecule has 0 bridgehead atoms. The lowest BCUT2D eigenvalue weighted by Gasteiger charge is -2.12. The lowest BCUT2D eigenvalue weighted by molar-refractivity contribution is 0.0943. The van der Waals surface area contributed by atoms with Gasteiger partial charge in [-0.25, -0.2) is 0 Å². The average Bonchev–Trinajstić information content (AvgIpc) is 3.25. The molecule has 0 unspecified atom stereocenters. The van der Waals surface area contributed by atoms with Crippen molar-refractivity contribution in [2.24, 2.45) is 0 Å². The Morgan fingerprint density at radius 3 is 3.12 bits per heavy atom. The monoisotopic (exact) mass is 370 g/mol. The number of ether oxygens (including phenoxy) is 1. The minimum atomic E-state index is -0.157. The normalized spacial score (nSPS) is 13.5. The molecule has 1 aromatic carbocycles. The largest absolute Gasteiger partial charge is 0.378 e. The van der Waals surface area contributed by atoms with Crippen LogP contribution >= 0.6 is 11.3 Å². The van der Waals surface area contributed by atoms with Gasteiger partial charge in [-0.2, -0.15) is 5.10 Å². The van der Waals surface area contributed by atoms with Gasteiger partial charge in [0.15, 0.2) is 0 Å². The zero-order valence-electron chi connectivity index (χ0n) is 14.2. The van der Waals surface area contributed by atoms with E-state index in [1.165, 1.54) is 11.3 Å². The molecule has 0 fully saturated rings. The van der Waals surface area contributed by atoms with Crippen molar-refractivity contribution in [3.63, 3.8) is 0 Å². The van der Waals surface area contributed by atoms with Gasteiger partial charge in [0, 0.05) is 23.9 Å². The molecule has 1 aliphatic heterocycles. The summed E-state index contributed by atoms with van der Waals surface area (Å²) in [5, 5.41) is 13.7. The van der Waals surface area contributed by atoms with Crippen molar-refractivity contribution in [2.75, 3.05) is 13.7 Å². The maximum atomic E-state index is 12.5. The third kappa shape index (κ3) is 3.09. The minimum absolute atomic E-state index is 0.0236. The zero-order chi connectivity index (χ0) is 18.1. The molecule has 7 nitrogen and oxygen atoms in total. The van der Waals surface area contributed by atoms with Crippen LogP contribution < -0.4 is 10.6 Å². The number of carbonyl (C=O) groups excluding carboxylic acids is 2. The molecular formula is C18H18N4O3S. The third-order valence-corrected chi connectivity index (χ3v) is 5.55. The summed E-state index contributed by atoms with van der Waals surface area (Å²) in [6, 6.07) is 7.44. The number of hydrogen-bond acceptors (Lipinski definition) is 5. The van der Waals surface area contributed by atoms with Crippen LogP contribution in [0.2, 0.25) is 0 Å². The average molecular weight is 370 g/mol. The highest BCUT2D eigenvalue weighted by Gasteiger charge is 2.22. The van der Waals surface area contributed by atoms with Gasteiger partial charge in [0.05, 0.1) is 29.4 Å². The van der Waals surface area contributed by atoms with Crippen molar-refractivity contribution in [3.05, 3.63) is 51.7 Å². The summed E-state index contributed by atoms with van der Waals surface area (Å²) in [5.74, 6) is -0.181. The van der Waals surface area contributed by atoms with Gasteiger partial charge in [-0.05, 0) is 41.6 Å². The van der Waals surface area contributed by atoms with E-state index < -0.39 is 0 Å². The fourth-order valence-electron chi connectivity index (χ4n) is 3.10. The first-order chi connectivity index (χ1) is 12.7. The molecule has 0 radical (unpaired) electrons. The van der Waals surface area contributed by atoms with Gasteiger partial charge >= 0.3 is 0 Å². The highest BCUT2D eigenvalue weighted by molar-refractivity contribution is 7.21. The molecule has 3 heterocycles. The van der Waals surface area contributed by atoms with Crippen LogP contribution in [0.4, 0.5) is 0 Å². The second-order valence-corrected chi connectivity index (χ2v) is 7.18. The van der Waals surface area contributed by atoms with Gasteiger partial charge in [0.25, 0.3) is 11.8 Å². The highest BCUT2D eigenvalue weighted by atomic mass is 32.1. The van der Waals surface area contributed by atoms with E-state index in [4.69, 9.17) is 4.74 Å². The summed E-state index contributed by atoms with van der Waals surface area (Å²) in [4.78, 5) is 25.2. The number of carbonyl (C=O) groups is 2. The Labute approximate surface area is 153 Å². The highest BCUT2D eigenvalue weighted by Crippen LogP contribution is 2.33. The number of amides is 2. The van der Waals surface area contributed by atoms with Crippen LogP contribution in [-0.2, 0) is 24.3 Å². The van der Waals surface area contributed by atoms with E-state index in [1.54, 1.807) is 13.2 Å². The predicted molar refractivity (Wildman–Crippen MR) is 98.3 cm³/mol. The molecule has 2 amide bonds. The van der Waals surface area contributed by atoms with Crippen molar-refractivity contribution in [2.45, 2.75) is 19.6 Å². The molecular weight excluding hydrogens is 352 g/mol. The molecule has 2 aromatic heterocycles. The van der Waals surface area contributed by atoms with Crippen LogP contribution in [0.5, 0.6) is 0 Å². The number of H-pyrrole nitrogens is 1. The molecule has 0 aliphatic carbocycles. The molecule has 0 spiro atoms. The first-order valence-electron chi connectivity index (χ1n) is 8.29. The second kappa shape index (κ2) is 6.89. The fourth-order valence-corrected chi connectivity index (χ4v) is 4.25. The number of rotatable bonds is 5. The molecule has 0 saturated heterocycles. The number of aromatic nitrogens is 2. The van der Waals surface area contributed by atoms with Crippen molar-refractivity contribution in [1.82, 2.24) is 20.8 Å². The Morgan fingerprint density at radius 2 is 2.27 bits per heavy atom. The number of thiophene rings is 1. The van der Waals surface area contributed by atoms with Crippen LogP contribution in [0.3, 0.4) is 0 Å². The second-order valence-electron chi connectivity index (χ2n) is 6.13. The standard InChI is InChI=1S/C18H18N4O3S/c1-25-9-12-7-11(21-22-12)8-20-17(23)10-2-3-15-14(6-10)13-4-5-19-18(24)16(13)26-15/h2-3,6-7H,4-5,8-9H2,1H3,(H,19,24)(H,20,23)(H,21,22). The Bertz CT molecular complexity index is 992. The van der Waals surface area contributed by atoms with Crippen molar-refractivity contribution < 1.29 is 14.3 Å². The molecule has 3 aromatic rings. The Kier molecular flexibility index (Phi) is 4.44. The molecule has 26 heavy (non-hydrogen) atoms. The topological polar surface area (TPSA) is 96.1 Å². The fraction of sp³-hybridized carbons (Fsp3) is 0.278.